The first kappa shape index (κ1) is 19.4. The fourth-order valence-corrected chi connectivity index (χ4v) is 3.57. The molecular weight excluding hydrogens is 372 g/mol. The SMILES string of the molecule is N[C@@H](CCCCN(C=O)[C@H]1C[C@@H]1C(=O)c1cc(Cl)c2occc2c1)C(=O)O. The topological polar surface area (TPSA) is 114 Å². The first-order valence-electron chi connectivity index (χ1n) is 8.82. The highest BCUT2D eigenvalue weighted by atomic mass is 35.5. The molecule has 2 aromatic rings. The highest BCUT2D eigenvalue weighted by Gasteiger charge is 2.46. The minimum atomic E-state index is -1.02. The van der Waals surface area contributed by atoms with Crippen LogP contribution in [-0.4, -0.2) is 46.8 Å². The molecule has 0 spiro atoms. The molecule has 3 atom stereocenters. The van der Waals surface area contributed by atoms with Crippen molar-refractivity contribution in [3.63, 3.8) is 0 Å². The molecule has 0 bridgehead atoms. The number of benzene rings is 1. The number of nitrogens with zero attached hydrogens (tertiary/aromatic N) is 1. The van der Waals surface area contributed by atoms with Crippen molar-refractivity contribution in [2.24, 2.45) is 11.7 Å². The van der Waals surface area contributed by atoms with Gasteiger partial charge in [0, 0.05) is 29.5 Å². The number of carboxylic acid groups (broad SMARTS) is 1. The van der Waals surface area contributed by atoms with Gasteiger partial charge in [0.05, 0.1) is 11.3 Å². The Kier molecular flexibility index (Phi) is 5.82. The molecule has 0 unspecified atom stereocenters. The quantitative estimate of drug-likeness (QED) is 0.365. The maximum Gasteiger partial charge on any atom is 0.320 e. The van der Waals surface area contributed by atoms with Gasteiger partial charge in [0.1, 0.15) is 6.04 Å². The highest BCUT2D eigenvalue weighted by molar-refractivity contribution is 6.35. The predicted molar refractivity (Wildman–Crippen MR) is 99.7 cm³/mol. The molecule has 1 fully saturated rings. The van der Waals surface area contributed by atoms with Crippen LogP contribution in [0.3, 0.4) is 0 Å². The zero-order valence-corrected chi connectivity index (χ0v) is 15.4. The van der Waals surface area contributed by atoms with Gasteiger partial charge in [-0.3, -0.25) is 14.4 Å². The van der Waals surface area contributed by atoms with Crippen LogP contribution >= 0.6 is 11.6 Å². The number of ketones is 1. The summed E-state index contributed by atoms with van der Waals surface area (Å²) in [4.78, 5) is 36.4. The van der Waals surface area contributed by atoms with E-state index in [1.54, 1.807) is 23.1 Å². The van der Waals surface area contributed by atoms with Crippen molar-refractivity contribution in [2.75, 3.05) is 6.54 Å². The molecule has 3 rings (SSSR count). The van der Waals surface area contributed by atoms with Crippen LogP contribution in [0.2, 0.25) is 5.02 Å². The third kappa shape index (κ3) is 4.31. The molecule has 1 aliphatic carbocycles. The van der Waals surface area contributed by atoms with Gasteiger partial charge in [0.15, 0.2) is 11.4 Å². The maximum atomic E-state index is 12.7. The Morgan fingerprint density at radius 3 is 2.89 bits per heavy atom. The molecule has 144 valence electrons. The maximum absolute atomic E-state index is 12.7. The van der Waals surface area contributed by atoms with Gasteiger partial charge in [-0.05, 0) is 43.9 Å². The molecule has 1 aromatic carbocycles. The Labute approximate surface area is 161 Å². The second-order valence-corrected chi connectivity index (χ2v) is 7.26. The number of carbonyl (C=O) groups is 3. The van der Waals surface area contributed by atoms with Gasteiger partial charge in [0.2, 0.25) is 6.41 Å². The van der Waals surface area contributed by atoms with E-state index in [1.807, 2.05) is 0 Å². The number of fused-ring (bicyclic) bond motifs is 1. The summed E-state index contributed by atoms with van der Waals surface area (Å²) in [6, 6.07) is 4.10. The number of aliphatic carboxylic acids is 1. The normalized spacial score (nSPS) is 19.6. The van der Waals surface area contributed by atoms with Gasteiger partial charge < -0.3 is 20.2 Å². The van der Waals surface area contributed by atoms with Gasteiger partial charge in [-0.25, -0.2) is 0 Å². The van der Waals surface area contributed by atoms with Gasteiger partial charge in [-0.2, -0.15) is 0 Å². The molecular formula is C19H21ClN2O5. The van der Waals surface area contributed by atoms with Gasteiger partial charge in [-0.1, -0.05) is 11.6 Å². The zero-order valence-electron chi connectivity index (χ0n) is 14.6. The average Bonchev–Trinajstić information content (AvgIpc) is 3.28. The highest BCUT2D eigenvalue weighted by Crippen LogP contribution is 2.39. The number of hydrogen-bond acceptors (Lipinski definition) is 5. The lowest BCUT2D eigenvalue weighted by molar-refractivity contribution is -0.138. The molecule has 27 heavy (non-hydrogen) atoms. The van der Waals surface area contributed by atoms with E-state index in [2.05, 4.69) is 0 Å². The number of Topliss-reactive ketones (excluding diaryl/α,β-unsaturated/α-hetero) is 1. The zero-order chi connectivity index (χ0) is 19.6. The third-order valence-electron chi connectivity index (χ3n) is 4.94. The summed E-state index contributed by atoms with van der Waals surface area (Å²) >= 11 is 6.17. The molecule has 0 aliphatic heterocycles. The molecule has 1 heterocycles. The summed E-state index contributed by atoms with van der Waals surface area (Å²) in [7, 11) is 0. The number of unbranched alkanes of at least 4 members (excludes halogenated alkanes) is 1. The van der Waals surface area contributed by atoms with E-state index in [0.29, 0.717) is 48.4 Å². The fourth-order valence-electron chi connectivity index (χ4n) is 3.30. The molecule has 3 N–H and O–H groups in total. The van der Waals surface area contributed by atoms with E-state index in [4.69, 9.17) is 26.9 Å². The summed E-state index contributed by atoms with van der Waals surface area (Å²) in [6.45, 7) is 0.478. The first-order valence-corrected chi connectivity index (χ1v) is 9.20. The van der Waals surface area contributed by atoms with Crippen molar-refractivity contribution >= 4 is 40.7 Å². The van der Waals surface area contributed by atoms with Crippen LogP contribution in [0.5, 0.6) is 0 Å². The molecule has 0 saturated heterocycles. The van der Waals surface area contributed by atoms with Crippen LogP contribution in [0.1, 0.15) is 36.0 Å². The second kappa shape index (κ2) is 8.10. The molecule has 7 nitrogen and oxygen atoms in total. The molecule has 0 radical (unpaired) electrons. The van der Waals surface area contributed by atoms with Crippen LogP contribution in [0, 0.1) is 5.92 Å². The van der Waals surface area contributed by atoms with Crippen LogP contribution in [0.25, 0.3) is 11.0 Å². The minimum Gasteiger partial charge on any atom is -0.480 e. The predicted octanol–water partition coefficient (Wildman–Crippen LogP) is 2.70. The summed E-state index contributed by atoms with van der Waals surface area (Å²) in [5, 5.41) is 9.92. The van der Waals surface area contributed by atoms with Crippen molar-refractivity contribution < 1.29 is 23.9 Å². The summed E-state index contributed by atoms with van der Waals surface area (Å²) in [5.74, 6) is -1.30. The lowest BCUT2D eigenvalue weighted by Crippen LogP contribution is -2.31. The van der Waals surface area contributed by atoms with E-state index in [-0.39, 0.29) is 17.7 Å². The number of amides is 1. The number of halogens is 1. The Bertz CT molecular complexity index is 865. The van der Waals surface area contributed by atoms with Crippen LogP contribution < -0.4 is 5.73 Å². The van der Waals surface area contributed by atoms with Crippen LogP contribution in [0.15, 0.2) is 28.9 Å². The first-order chi connectivity index (χ1) is 12.9. The van der Waals surface area contributed by atoms with Gasteiger partial charge >= 0.3 is 5.97 Å². The van der Waals surface area contributed by atoms with Crippen LogP contribution in [-0.2, 0) is 9.59 Å². The monoisotopic (exact) mass is 392 g/mol. The van der Waals surface area contributed by atoms with Crippen molar-refractivity contribution in [3.8, 4) is 0 Å². The van der Waals surface area contributed by atoms with E-state index in [1.165, 1.54) is 6.26 Å². The van der Waals surface area contributed by atoms with E-state index >= 15 is 0 Å². The molecule has 1 aliphatic rings. The van der Waals surface area contributed by atoms with E-state index in [9.17, 15) is 14.4 Å². The smallest absolute Gasteiger partial charge is 0.320 e. The number of nitrogens with two attached hydrogens (primary N) is 1. The third-order valence-corrected chi connectivity index (χ3v) is 5.22. The number of furan rings is 1. The lowest BCUT2D eigenvalue weighted by Gasteiger charge is -2.17. The van der Waals surface area contributed by atoms with Crippen molar-refractivity contribution in [3.05, 3.63) is 35.0 Å². The fraction of sp³-hybridized carbons (Fsp3) is 0.421. The largest absolute Gasteiger partial charge is 0.480 e. The average molecular weight is 393 g/mol. The van der Waals surface area contributed by atoms with Crippen molar-refractivity contribution in [1.29, 1.82) is 0 Å². The van der Waals surface area contributed by atoms with Gasteiger partial charge in [-0.15, -0.1) is 0 Å². The molecule has 8 heteroatoms. The number of carboxylic acids is 1. The van der Waals surface area contributed by atoms with Crippen LogP contribution in [0.4, 0.5) is 0 Å². The van der Waals surface area contributed by atoms with Crippen molar-refractivity contribution in [2.45, 2.75) is 37.8 Å². The van der Waals surface area contributed by atoms with Gasteiger partial charge in [0.25, 0.3) is 0 Å². The molecule has 1 amide bonds. The number of hydrogen-bond donors (Lipinski definition) is 2. The number of rotatable bonds is 10. The summed E-state index contributed by atoms with van der Waals surface area (Å²) < 4.78 is 5.28. The van der Waals surface area contributed by atoms with Crippen molar-refractivity contribution in [1.82, 2.24) is 4.90 Å². The van der Waals surface area contributed by atoms with E-state index in [0.717, 1.165) is 11.8 Å². The minimum absolute atomic E-state index is 0.0373. The molecule has 1 aromatic heterocycles. The Morgan fingerprint density at radius 1 is 1.41 bits per heavy atom. The Hall–Kier alpha value is -2.38. The lowest BCUT2D eigenvalue weighted by atomic mass is 10.0. The number of carbonyl (C=O) groups excluding carboxylic acids is 2. The Morgan fingerprint density at radius 2 is 2.19 bits per heavy atom. The summed E-state index contributed by atoms with van der Waals surface area (Å²) in [5.41, 5.74) is 6.53. The second-order valence-electron chi connectivity index (χ2n) is 6.85. The molecule has 1 saturated carbocycles. The standard InChI is InChI=1S/C19H21ClN2O5/c20-14-8-12(7-11-4-6-27-18(11)14)17(24)13-9-16(13)22(10-23)5-2-1-3-15(21)19(25)26/h4,6-8,10,13,15-16H,1-3,5,9,21H2,(H,25,26)/t13-,15-,16-/m0/s1. The van der Waals surface area contributed by atoms with E-state index < -0.39 is 12.0 Å². The Balaban J connectivity index is 1.55. The summed E-state index contributed by atoms with van der Waals surface area (Å²) in [6.07, 6.45) is 4.50.